The lowest BCUT2D eigenvalue weighted by Gasteiger charge is -2.33. The van der Waals surface area contributed by atoms with Gasteiger partial charge in [-0.2, -0.15) is 0 Å². The first kappa shape index (κ1) is 11.4. The van der Waals surface area contributed by atoms with Crippen molar-refractivity contribution < 1.29 is 14.6 Å². The summed E-state index contributed by atoms with van der Waals surface area (Å²) in [5.41, 5.74) is 1.01. The van der Waals surface area contributed by atoms with Gasteiger partial charge in [-0.25, -0.2) is 4.79 Å². The molecule has 86 valence electrons. The number of rotatable bonds is 2. The molecule has 4 nitrogen and oxygen atoms in total. The minimum absolute atomic E-state index is 0.387. The van der Waals surface area contributed by atoms with E-state index in [-0.39, 0.29) is 0 Å². The summed E-state index contributed by atoms with van der Waals surface area (Å²) >= 11 is 3.46. The van der Waals surface area contributed by atoms with Gasteiger partial charge in [0.05, 0.1) is 18.8 Å². The molecule has 1 heterocycles. The maximum atomic E-state index is 10.9. The van der Waals surface area contributed by atoms with Crippen molar-refractivity contribution in [1.82, 2.24) is 0 Å². The third-order valence-electron chi connectivity index (χ3n) is 2.54. The molecule has 2 rings (SSSR count). The summed E-state index contributed by atoms with van der Waals surface area (Å²) < 4.78 is 6.15. The van der Waals surface area contributed by atoms with E-state index in [2.05, 4.69) is 15.9 Å². The van der Waals surface area contributed by atoms with E-state index in [1.165, 1.54) is 0 Å². The van der Waals surface area contributed by atoms with Crippen LogP contribution >= 0.6 is 15.9 Å². The summed E-state index contributed by atoms with van der Waals surface area (Å²) in [4.78, 5) is 12.9. The second kappa shape index (κ2) is 4.84. The van der Waals surface area contributed by atoms with Crippen LogP contribution in [0, 0.1) is 0 Å². The topological polar surface area (TPSA) is 49.8 Å². The van der Waals surface area contributed by atoms with Gasteiger partial charge in [0.1, 0.15) is 0 Å². The summed E-state index contributed by atoms with van der Waals surface area (Å²) in [6.45, 7) is 1.54. The maximum absolute atomic E-state index is 10.9. The minimum Gasteiger partial charge on any atom is -0.479 e. The number of carboxylic acid groups (broad SMARTS) is 1. The molecule has 1 fully saturated rings. The lowest BCUT2D eigenvalue weighted by atomic mass is 10.2. The van der Waals surface area contributed by atoms with Crippen molar-refractivity contribution in [2.24, 2.45) is 0 Å². The second-order valence-corrected chi connectivity index (χ2v) is 4.45. The molecule has 1 aliphatic rings. The zero-order chi connectivity index (χ0) is 11.5. The van der Waals surface area contributed by atoms with Crippen LogP contribution < -0.4 is 4.90 Å². The maximum Gasteiger partial charge on any atom is 0.334 e. The van der Waals surface area contributed by atoms with Gasteiger partial charge in [0.15, 0.2) is 6.10 Å². The highest BCUT2D eigenvalue weighted by Gasteiger charge is 2.26. The SMILES string of the molecule is O=C(O)C1CN(c2ccccc2Br)CCO1. The van der Waals surface area contributed by atoms with Gasteiger partial charge in [-0.1, -0.05) is 12.1 Å². The van der Waals surface area contributed by atoms with E-state index in [1.807, 2.05) is 29.2 Å². The first-order chi connectivity index (χ1) is 7.68. The van der Waals surface area contributed by atoms with E-state index in [0.717, 1.165) is 10.2 Å². The molecule has 1 N–H and O–H groups in total. The highest BCUT2D eigenvalue weighted by Crippen LogP contribution is 2.27. The van der Waals surface area contributed by atoms with Crippen molar-refractivity contribution >= 4 is 27.6 Å². The van der Waals surface area contributed by atoms with Crippen LogP contribution in [0.5, 0.6) is 0 Å². The Morgan fingerprint density at radius 2 is 2.25 bits per heavy atom. The normalized spacial score (nSPS) is 20.8. The Hall–Kier alpha value is -1.07. The average Bonchev–Trinajstić information content (AvgIpc) is 2.30. The lowest BCUT2D eigenvalue weighted by molar-refractivity contribution is -0.150. The van der Waals surface area contributed by atoms with Gasteiger partial charge in [0.2, 0.25) is 0 Å². The molecule has 0 amide bonds. The highest BCUT2D eigenvalue weighted by atomic mass is 79.9. The van der Waals surface area contributed by atoms with Gasteiger partial charge < -0.3 is 14.7 Å². The summed E-state index contributed by atoms with van der Waals surface area (Å²) in [6.07, 6.45) is -0.735. The number of halogens is 1. The van der Waals surface area contributed by atoms with Crippen molar-refractivity contribution in [3.63, 3.8) is 0 Å². The Balaban J connectivity index is 2.16. The third kappa shape index (κ3) is 2.36. The Morgan fingerprint density at radius 3 is 2.94 bits per heavy atom. The van der Waals surface area contributed by atoms with Crippen LogP contribution in [-0.4, -0.2) is 36.9 Å². The van der Waals surface area contributed by atoms with E-state index in [0.29, 0.717) is 19.7 Å². The molecule has 0 aliphatic carbocycles. The van der Waals surface area contributed by atoms with Gasteiger partial charge >= 0.3 is 5.97 Å². The standard InChI is InChI=1S/C11H12BrNO3/c12-8-3-1-2-4-9(8)13-5-6-16-10(7-13)11(14)15/h1-4,10H,5-7H2,(H,14,15). The molecule has 16 heavy (non-hydrogen) atoms. The molecule has 1 saturated heterocycles. The number of carbonyl (C=O) groups is 1. The molecule has 0 saturated carbocycles. The van der Waals surface area contributed by atoms with Crippen molar-refractivity contribution in [3.8, 4) is 0 Å². The molecule has 1 aromatic carbocycles. The van der Waals surface area contributed by atoms with Crippen molar-refractivity contribution in [3.05, 3.63) is 28.7 Å². The van der Waals surface area contributed by atoms with Gasteiger partial charge in [-0.15, -0.1) is 0 Å². The van der Waals surface area contributed by atoms with Crippen LogP contribution in [0.25, 0.3) is 0 Å². The molecular weight excluding hydrogens is 274 g/mol. The number of para-hydroxylation sites is 1. The third-order valence-corrected chi connectivity index (χ3v) is 3.21. The van der Waals surface area contributed by atoms with Crippen LogP contribution in [-0.2, 0) is 9.53 Å². The molecule has 5 heteroatoms. The number of aliphatic carboxylic acids is 1. The van der Waals surface area contributed by atoms with Crippen LogP contribution in [0.15, 0.2) is 28.7 Å². The van der Waals surface area contributed by atoms with E-state index in [1.54, 1.807) is 0 Å². The van der Waals surface area contributed by atoms with E-state index >= 15 is 0 Å². The predicted molar refractivity (Wildman–Crippen MR) is 63.7 cm³/mol. The summed E-state index contributed by atoms with van der Waals surface area (Å²) in [5, 5.41) is 8.91. The number of nitrogens with zero attached hydrogens (tertiary/aromatic N) is 1. The van der Waals surface area contributed by atoms with E-state index < -0.39 is 12.1 Å². The molecule has 0 aromatic heterocycles. The molecule has 1 aliphatic heterocycles. The Morgan fingerprint density at radius 1 is 1.50 bits per heavy atom. The van der Waals surface area contributed by atoms with Crippen molar-refractivity contribution in [1.29, 1.82) is 0 Å². The molecule has 1 aromatic rings. The monoisotopic (exact) mass is 285 g/mol. The molecule has 1 unspecified atom stereocenters. The van der Waals surface area contributed by atoms with Gasteiger partial charge in [-0.3, -0.25) is 0 Å². The van der Waals surface area contributed by atoms with Crippen LogP contribution in [0.2, 0.25) is 0 Å². The van der Waals surface area contributed by atoms with Gasteiger partial charge in [-0.05, 0) is 28.1 Å². The van der Waals surface area contributed by atoms with Crippen molar-refractivity contribution in [2.45, 2.75) is 6.10 Å². The number of carboxylic acids is 1. The largest absolute Gasteiger partial charge is 0.479 e. The zero-order valence-corrected chi connectivity index (χ0v) is 10.2. The lowest BCUT2D eigenvalue weighted by Crippen LogP contribution is -2.46. The minimum atomic E-state index is -0.906. The van der Waals surface area contributed by atoms with E-state index in [4.69, 9.17) is 9.84 Å². The molecular formula is C11H12BrNO3. The van der Waals surface area contributed by atoms with E-state index in [9.17, 15) is 4.79 Å². The number of anilines is 1. The number of ether oxygens (including phenoxy) is 1. The molecule has 1 atom stereocenters. The Kier molecular flexibility index (Phi) is 3.46. The zero-order valence-electron chi connectivity index (χ0n) is 8.60. The fraction of sp³-hybridized carbons (Fsp3) is 0.364. The first-order valence-corrected chi connectivity index (χ1v) is 5.81. The predicted octanol–water partition coefficient (Wildman–Crippen LogP) is 1.74. The number of hydrogen-bond donors (Lipinski definition) is 1. The fourth-order valence-electron chi connectivity index (χ4n) is 1.73. The van der Waals surface area contributed by atoms with Crippen LogP contribution in [0.3, 0.4) is 0 Å². The Labute approximate surface area is 102 Å². The van der Waals surface area contributed by atoms with Crippen LogP contribution in [0.1, 0.15) is 0 Å². The first-order valence-electron chi connectivity index (χ1n) is 5.02. The highest BCUT2D eigenvalue weighted by molar-refractivity contribution is 9.10. The average molecular weight is 286 g/mol. The summed E-state index contributed by atoms with van der Waals surface area (Å²) in [7, 11) is 0. The number of benzene rings is 1. The quantitative estimate of drug-likeness (QED) is 0.899. The smallest absolute Gasteiger partial charge is 0.334 e. The van der Waals surface area contributed by atoms with Gasteiger partial charge in [0, 0.05) is 11.0 Å². The summed E-state index contributed by atoms with van der Waals surface area (Å²) in [5.74, 6) is -0.906. The van der Waals surface area contributed by atoms with Crippen LogP contribution in [0.4, 0.5) is 5.69 Å². The molecule has 0 bridgehead atoms. The van der Waals surface area contributed by atoms with Crippen molar-refractivity contribution in [2.75, 3.05) is 24.6 Å². The second-order valence-electron chi connectivity index (χ2n) is 3.60. The fourth-order valence-corrected chi connectivity index (χ4v) is 2.26. The number of hydrogen-bond acceptors (Lipinski definition) is 3. The Bertz CT molecular complexity index is 397. The van der Waals surface area contributed by atoms with Gasteiger partial charge in [0.25, 0.3) is 0 Å². The molecule has 0 spiro atoms. The number of morpholine rings is 1. The molecule has 0 radical (unpaired) electrons. The summed E-state index contributed by atoms with van der Waals surface area (Å²) in [6, 6.07) is 7.78.